The van der Waals surface area contributed by atoms with E-state index in [0.29, 0.717) is 25.9 Å². The highest BCUT2D eigenvalue weighted by atomic mass is 79.9. The van der Waals surface area contributed by atoms with Crippen LogP contribution in [0.1, 0.15) is 41.7 Å². The summed E-state index contributed by atoms with van der Waals surface area (Å²) in [7, 11) is 0. The third-order valence-electron chi connectivity index (χ3n) is 4.85. The summed E-state index contributed by atoms with van der Waals surface area (Å²) in [6.45, 7) is 1.93. The molecule has 0 radical (unpaired) electrons. The Labute approximate surface area is 173 Å². The van der Waals surface area contributed by atoms with E-state index in [0.717, 1.165) is 36.7 Å². The Morgan fingerprint density at radius 3 is 2.74 bits per heavy atom. The molecule has 1 aliphatic rings. The van der Waals surface area contributed by atoms with Crippen LogP contribution < -0.4 is 5.32 Å². The van der Waals surface area contributed by atoms with Gasteiger partial charge in [0.1, 0.15) is 0 Å². The number of thiophene rings is 1. The number of aryl methyl sites for hydroxylation is 1. The second-order valence-corrected chi connectivity index (χ2v) is 8.78. The molecule has 0 bridgehead atoms. The predicted molar refractivity (Wildman–Crippen MR) is 113 cm³/mol. The van der Waals surface area contributed by atoms with Crippen LogP contribution >= 0.6 is 27.3 Å². The van der Waals surface area contributed by atoms with Crippen molar-refractivity contribution in [1.29, 1.82) is 0 Å². The topological polar surface area (TPSA) is 49.4 Å². The number of carbonyl (C=O) groups excluding carboxylic acids is 2. The van der Waals surface area contributed by atoms with Gasteiger partial charge in [-0.3, -0.25) is 9.59 Å². The van der Waals surface area contributed by atoms with Crippen LogP contribution in [0, 0.1) is 0 Å². The van der Waals surface area contributed by atoms with Crippen molar-refractivity contribution in [1.82, 2.24) is 10.2 Å². The molecule has 3 rings (SSSR count). The van der Waals surface area contributed by atoms with Crippen LogP contribution in [0.25, 0.3) is 0 Å². The number of fused-ring (bicyclic) bond motifs is 1. The number of benzene rings is 1. The van der Waals surface area contributed by atoms with Gasteiger partial charge in [0.05, 0.1) is 0 Å². The van der Waals surface area contributed by atoms with Gasteiger partial charge < -0.3 is 10.2 Å². The lowest BCUT2D eigenvalue weighted by molar-refractivity contribution is -0.132. The average Bonchev–Trinajstić information content (AvgIpc) is 3.14. The molecule has 0 aliphatic carbocycles. The van der Waals surface area contributed by atoms with Crippen molar-refractivity contribution >= 4 is 39.1 Å². The molecule has 0 atom stereocenters. The lowest BCUT2D eigenvalue weighted by Crippen LogP contribution is -2.37. The van der Waals surface area contributed by atoms with E-state index in [9.17, 15) is 9.59 Å². The van der Waals surface area contributed by atoms with Gasteiger partial charge in [-0.15, -0.1) is 11.3 Å². The minimum Gasteiger partial charge on any atom is -0.356 e. The highest BCUT2D eigenvalue weighted by Gasteiger charge is 2.21. The Bertz CT molecular complexity index is 773. The van der Waals surface area contributed by atoms with E-state index >= 15 is 0 Å². The van der Waals surface area contributed by atoms with Gasteiger partial charge in [0.25, 0.3) is 0 Å². The van der Waals surface area contributed by atoms with Gasteiger partial charge in [0, 0.05) is 41.8 Å². The van der Waals surface area contributed by atoms with Crippen LogP contribution in [-0.2, 0) is 29.0 Å². The molecule has 4 nitrogen and oxygen atoms in total. The number of halogens is 1. The first-order valence-corrected chi connectivity index (χ1v) is 11.1. The second-order valence-electron chi connectivity index (χ2n) is 6.87. The maximum Gasteiger partial charge on any atom is 0.224 e. The number of hydrogen-bond donors (Lipinski definition) is 1. The van der Waals surface area contributed by atoms with E-state index < -0.39 is 0 Å². The van der Waals surface area contributed by atoms with Crippen LogP contribution in [-0.4, -0.2) is 29.8 Å². The van der Waals surface area contributed by atoms with Crippen molar-refractivity contribution in [2.75, 3.05) is 13.1 Å². The van der Waals surface area contributed by atoms with Crippen LogP contribution in [0.15, 0.2) is 40.2 Å². The summed E-state index contributed by atoms with van der Waals surface area (Å²) in [5.74, 6) is 0.166. The monoisotopic (exact) mass is 448 g/mol. The van der Waals surface area contributed by atoms with E-state index in [1.165, 1.54) is 16.0 Å². The van der Waals surface area contributed by atoms with Gasteiger partial charge in [-0.05, 0) is 60.4 Å². The van der Waals surface area contributed by atoms with Crippen LogP contribution in [0.3, 0.4) is 0 Å². The summed E-state index contributed by atoms with van der Waals surface area (Å²) < 4.78 is 1.08. The smallest absolute Gasteiger partial charge is 0.224 e. The number of carbonyl (C=O) groups is 2. The molecule has 144 valence electrons. The molecule has 0 saturated carbocycles. The summed E-state index contributed by atoms with van der Waals surface area (Å²) in [5, 5.41) is 4.98. The normalized spacial score (nSPS) is 13.3. The Balaban J connectivity index is 1.27. The number of hydrogen-bond acceptors (Lipinski definition) is 3. The molecular formula is C21H25BrN2O2S. The minimum absolute atomic E-state index is 0.0392. The zero-order valence-corrected chi connectivity index (χ0v) is 17.8. The maximum atomic E-state index is 12.3. The third kappa shape index (κ3) is 6.18. The molecule has 1 N–H and O–H groups in total. The molecule has 2 heterocycles. The van der Waals surface area contributed by atoms with Gasteiger partial charge in [0.15, 0.2) is 0 Å². The van der Waals surface area contributed by atoms with Gasteiger partial charge in [-0.1, -0.05) is 28.1 Å². The number of nitrogens with zero attached hydrogens (tertiary/aromatic N) is 1. The van der Waals surface area contributed by atoms with E-state index in [2.05, 4.69) is 44.8 Å². The summed E-state index contributed by atoms with van der Waals surface area (Å²) in [5.41, 5.74) is 2.56. The van der Waals surface area contributed by atoms with Gasteiger partial charge >= 0.3 is 0 Å². The molecule has 0 unspecified atom stereocenters. The van der Waals surface area contributed by atoms with E-state index in [1.807, 2.05) is 17.0 Å². The zero-order chi connectivity index (χ0) is 19.1. The quantitative estimate of drug-likeness (QED) is 0.611. The third-order valence-corrected chi connectivity index (χ3v) is 6.41. The molecule has 27 heavy (non-hydrogen) atoms. The number of nitrogens with one attached hydrogen (secondary N) is 1. The van der Waals surface area contributed by atoms with Gasteiger partial charge in [0.2, 0.25) is 11.8 Å². The van der Waals surface area contributed by atoms with Crippen molar-refractivity contribution in [2.45, 2.75) is 45.1 Å². The van der Waals surface area contributed by atoms with Crippen molar-refractivity contribution in [2.24, 2.45) is 0 Å². The molecule has 6 heteroatoms. The first-order chi connectivity index (χ1) is 13.1. The fourth-order valence-corrected chi connectivity index (χ4v) is 4.44. The first-order valence-electron chi connectivity index (χ1n) is 9.46. The molecule has 1 aromatic heterocycles. The zero-order valence-electron chi connectivity index (χ0n) is 15.4. The SMILES string of the molecule is O=C(CCCCc1ccc(Br)cc1)NCCC(=O)N1CCc2sccc2C1. The lowest BCUT2D eigenvalue weighted by atomic mass is 10.1. The summed E-state index contributed by atoms with van der Waals surface area (Å²) in [6.07, 6.45) is 4.69. The van der Waals surface area contributed by atoms with E-state index in [1.54, 1.807) is 11.3 Å². The van der Waals surface area contributed by atoms with Crippen molar-refractivity contribution in [3.05, 3.63) is 56.2 Å². The van der Waals surface area contributed by atoms with Crippen LogP contribution in [0.4, 0.5) is 0 Å². The van der Waals surface area contributed by atoms with Gasteiger partial charge in [-0.2, -0.15) is 0 Å². The lowest BCUT2D eigenvalue weighted by Gasteiger charge is -2.27. The van der Waals surface area contributed by atoms with Gasteiger partial charge in [-0.25, -0.2) is 0 Å². The van der Waals surface area contributed by atoms with Crippen molar-refractivity contribution < 1.29 is 9.59 Å². The maximum absolute atomic E-state index is 12.3. The first kappa shape index (κ1) is 20.1. The van der Waals surface area contributed by atoms with Crippen LogP contribution in [0.2, 0.25) is 0 Å². The Morgan fingerprint density at radius 1 is 1.11 bits per heavy atom. The standard InChI is InChI=1S/C21H25BrN2O2S/c22-18-7-5-16(6-8-18)3-1-2-4-20(25)23-12-9-21(26)24-13-10-19-17(15-24)11-14-27-19/h5-8,11,14H,1-4,9-10,12-13,15H2,(H,23,25). The molecule has 0 saturated heterocycles. The molecule has 1 aromatic carbocycles. The Kier molecular flexibility index (Phi) is 7.47. The van der Waals surface area contributed by atoms with E-state index in [-0.39, 0.29) is 11.8 Å². The molecular weight excluding hydrogens is 424 g/mol. The van der Waals surface area contributed by atoms with Crippen molar-refractivity contribution in [3.63, 3.8) is 0 Å². The molecule has 0 fully saturated rings. The molecule has 1 aliphatic heterocycles. The fraction of sp³-hybridized carbons (Fsp3) is 0.429. The number of unbranched alkanes of at least 4 members (excludes halogenated alkanes) is 1. The second kappa shape index (κ2) is 10.0. The Morgan fingerprint density at radius 2 is 1.93 bits per heavy atom. The largest absolute Gasteiger partial charge is 0.356 e. The van der Waals surface area contributed by atoms with E-state index in [4.69, 9.17) is 0 Å². The van der Waals surface area contributed by atoms with Crippen molar-refractivity contribution in [3.8, 4) is 0 Å². The molecule has 0 spiro atoms. The average molecular weight is 449 g/mol. The minimum atomic E-state index is 0.0392. The summed E-state index contributed by atoms with van der Waals surface area (Å²) >= 11 is 5.20. The fourth-order valence-electron chi connectivity index (χ4n) is 3.28. The highest BCUT2D eigenvalue weighted by molar-refractivity contribution is 9.10. The number of rotatable bonds is 8. The molecule has 2 amide bonds. The highest BCUT2D eigenvalue weighted by Crippen LogP contribution is 2.24. The predicted octanol–water partition coefficient (Wildman–Crippen LogP) is 4.31. The Hall–Kier alpha value is -1.66. The number of amides is 2. The van der Waals surface area contributed by atoms with Crippen LogP contribution in [0.5, 0.6) is 0 Å². The summed E-state index contributed by atoms with van der Waals surface area (Å²) in [6, 6.07) is 10.4. The summed E-state index contributed by atoms with van der Waals surface area (Å²) in [4.78, 5) is 27.6. The molecule has 2 aromatic rings.